The van der Waals surface area contributed by atoms with Crippen molar-refractivity contribution in [1.29, 1.82) is 0 Å². The molecule has 0 unspecified atom stereocenters. The standard InChI is InChI=1S/C10H20O2.C6H14O4/c1-2-3-4-5-6-7-8-9-10(11)12;7-1-3-9-5-6-10-4-2-8/h2-9H2,1H3,(H,11,12);7-8H,1-6H2. The zero-order chi connectivity index (χ0) is 16.9. The second-order valence-electron chi connectivity index (χ2n) is 4.94. The highest BCUT2D eigenvalue weighted by Gasteiger charge is 1.95. The minimum absolute atomic E-state index is 0.0417. The molecule has 0 aliphatic heterocycles. The fourth-order valence-electron chi connectivity index (χ4n) is 1.68. The van der Waals surface area contributed by atoms with Crippen molar-refractivity contribution < 1.29 is 29.6 Å². The summed E-state index contributed by atoms with van der Waals surface area (Å²) < 4.78 is 9.75. The molecule has 0 atom stereocenters. The summed E-state index contributed by atoms with van der Waals surface area (Å²) in [5.41, 5.74) is 0. The molecule has 0 bridgehead atoms. The van der Waals surface area contributed by atoms with E-state index in [4.69, 9.17) is 24.8 Å². The highest BCUT2D eigenvalue weighted by Crippen LogP contribution is 2.07. The van der Waals surface area contributed by atoms with Crippen LogP contribution in [-0.2, 0) is 14.3 Å². The van der Waals surface area contributed by atoms with Gasteiger partial charge in [0.25, 0.3) is 0 Å². The van der Waals surface area contributed by atoms with Crippen molar-refractivity contribution in [2.24, 2.45) is 0 Å². The molecule has 0 aliphatic rings. The molecule has 22 heavy (non-hydrogen) atoms. The van der Waals surface area contributed by atoms with Gasteiger partial charge >= 0.3 is 5.97 Å². The van der Waals surface area contributed by atoms with E-state index in [1.165, 1.54) is 32.1 Å². The minimum atomic E-state index is -0.663. The van der Waals surface area contributed by atoms with E-state index < -0.39 is 5.97 Å². The first-order valence-electron chi connectivity index (χ1n) is 8.28. The van der Waals surface area contributed by atoms with E-state index in [0.29, 0.717) is 32.8 Å². The van der Waals surface area contributed by atoms with Crippen LogP contribution in [0.3, 0.4) is 0 Å². The fraction of sp³-hybridized carbons (Fsp3) is 0.938. The number of unbranched alkanes of at least 4 members (excludes halogenated alkanes) is 6. The molecule has 0 fully saturated rings. The molecule has 0 heterocycles. The van der Waals surface area contributed by atoms with Gasteiger partial charge in [0.2, 0.25) is 0 Å². The average molecular weight is 322 g/mol. The average Bonchev–Trinajstić information content (AvgIpc) is 2.50. The van der Waals surface area contributed by atoms with Crippen molar-refractivity contribution in [1.82, 2.24) is 0 Å². The lowest BCUT2D eigenvalue weighted by Gasteiger charge is -2.01. The highest BCUT2D eigenvalue weighted by molar-refractivity contribution is 5.66. The van der Waals surface area contributed by atoms with Crippen molar-refractivity contribution in [3.63, 3.8) is 0 Å². The van der Waals surface area contributed by atoms with Crippen molar-refractivity contribution in [3.05, 3.63) is 0 Å². The first kappa shape index (κ1) is 23.6. The molecule has 6 nitrogen and oxygen atoms in total. The van der Waals surface area contributed by atoms with Crippen LogP contribution in [0.25, 0.3) is 0 Å². The van der Waals surface area contributed by atoms with Gasteiger partial charge in [0.1, 0.15) is 0 Å². The Labute approximate surface area is 134 Å². The maximum atomic E-state index is 10.1. The number of aliphatic hydroxyl groups excluding tert-OH is 2. The molecule has 0 aliphatic carbocycles. The van der Waals surface area contributed by atoms with Gasteiger partial charge in [-0.3, -0.25) is 4.79 Å². The molecule has 0 aromatic rings. The van der Waals surface area contributed by atoms with Gasteiger partial charge in [0.05, 0.1) is 39.6 Å². The number of rotatable bonds is 15. The summed E-state index contributed by atoms with van der Waals surface area (Å²) in [5, 5.41) is 24.9. The number of hydrogen-bond donors (Lipinski definition) is 3. The number of aliphatic carboxylic acids is 1. The predicted octanol–water partition coefficient (Wildman–Crippen LogP) is 2.22. The Morgan fingerprint density at radius 1 is 0.773 bits per heavy atom. The van der Waals surface area contributed by atoms with E-state index in [-0.39, 0.29) is 13.2 Å². The largest absolute Gasteiger partial charge is 0.481 e. The van der Waals surface area contributed by atoms with Crippen molar-refractivity contribution in [2.45, 2.75) is 58.3 Å². The van der Waals surface area contributed by atoms with Gasteiger partial charge in [-0.15, -0.1) is 0 Å². The SMILES string of the molecule is CCCCCCCCCC(=O)O.OCCOCCOCCO. The molecular weight excluding hydrogens is 288 g/mol. The maximum absolute atomic E-state index is 10.1. The van der Waals surface area contributed by atoms with Gasteiger partial charge in [-0.05, 0) is 6.42 Å². The van der Waals surface area contributed by atoms with Crippen LogP contribution in [-0.4, -0.2) is 60.9 Å². The molecule has 0 spiro atoms. The Morgan fingerprint density at radius 2 is 1.23 bits per heavy atom. The summed E-state index contributed by atoms with van der Waals surface area (Å²) in [5.74, 6) is -0.663. The number of aliphatic hydroxyl groups is 2. The lowest BCUT2D eigenvalue weighted by Crippen LogP contribution is -2.09. The molecule has 0 aromatic heterocycles. The van der Waals surface area contributed by atoms with Crippen LogP contribution in [0.2, 0.25) is 0 Å². The quantitative estimate of drug-likeness (QED) is 0.400. The minimum Gasteiger partial charge on any atom is -0.481 e. The normalized spacial score (nSPS) is 10.1. The lowest BCUT2D eigenvalue weighted by atomic mass is 10.1. The number of carbonyl (C=O) groups is 1. The molecule has 0 amide bonds. The van der Waals surface area contributed by atoms with Gasteiger partial charge in [0.15, 0.2) is 0 Å². The Bertz CT molecular complexity index is 203. The van der Waals surface area contributed by atoms with Crippen molar-refractivity contribution >= 4 is 5.97 Å². The molecular formula is C16H34O6. The molecule has 0 saturated heterocycles. The van der Waals surface area contributed by atoms with Crippen LogP contribution in [0.4, 0.5) is 0 Å². The Kier molecular flexibility index (Phi) is 24.2. The van der Waals surface area contributed by atoms with Crippen molar-refractivity contribution in [3.8, 4) is 0 Å². The number of carboxylic acids is 1. The Morgan fingerprint density at radius 3 is 1.64 bits per heavy atom. The van der Waals surface area contributed by atoms with Crippen LogP contribution in [0, 0.1) is 0 Å². The van der Waals surface area contributed by atoms with Gasteiger partial charge in [0, 0.05) is 6.42 Å². The Balaban J connectivity index is 0. The van der Waals surface area contributed by atoms with Crippen molar-refractivity contribution in [2.75, 3.05) is 39.6 Å². The van der Waals surface area contributed by atoms with E-state index in [1.54, 1.807) is 0 Å². The predicted molar refractivity (Wildman–Crippen MR) is 86.1 cm³/mol. The van der Waals surface area contributed by atoms with Gasteiger partial charge in [-0.1, -0.05) is 45.4 Å². The van der Waals surface area contributed by atoms with Crippen LogP contribution in [0.15, 0.2) is 0 Å². The third-order valence-electron chi connectivity index (χ3n) is 2.84. The molecule has 0 saturated carbocycles. The summed E-state index contributed by atoms with van der Waals surface area (Å²) >= 11 is 0. The van der Waals surface area contributed by atoms with E-state index >= 15 is 0 Å². The summed E-state index contributed by atoms with van der Waals surface area (Å²) in [4.78, 5) is 10.1. The fourth-order valence-corrected chi connectivity index (χ4v) is 1.68. The third kappa shape index (κ3) is 27.6. The summed E-state index contributed by atoms with van der Waals surface area (Å²) in [6, 6.07) is 0. The van der Waals surface area contributed by atoms with E-state index in [9.17, 15) is 4.79 Å². The lowest BCUT2D eigenvalue weighted by molar-refractivity contribution is -0.137. The van der Waals surface area contributed by atoms with Gasteiger partial charge in [-0.25, -0.2) is 0 Å². The van der Waals surface area contributed by atoms with E-state index in [0.717, 1.165) is 12.8 Å². The topological polar surface area (TPSA) is 96.2 Å². The monoisotopic (exact) mass is 322 g/mol. The molecule has 3 N–H and O–H groups in total. The summed E-state index contributed by atoms with van der Waals surface area (Å²) in [7, 11) is 0. The second-order valence-corrected chi connectivity index (χ2v) is 4.94. The van der Waals surface area contributed by atoms with Gasteiger partial charge < -0.3 is 24.8 Å². The smallest absolute Gasteiger partial charge is 0.303 e. The first-order valence-corrected chi connectivity index (χ1v) is 8.28. The molecule has 134 valence electrons. The molecule has 6 heteroatoms. The van der Waals surface area contributed by atoms with Gasteiger partial charge in [-0.2, -0.15) is 0 Å². The third-order valence-corrected chi connectivity index (χ3v) is 2.84. The van der Waals surface area contributed by atoms with Crippen LogP contribution >= 0.6 is 0 Å². The maximum Gasteiger partial charge on any atom is 0.303 e. The number of hydrogen-bond acceptors (Lipinski definition) is 5. The van der Waals surface area contributed by atoms with Crippen LogP contribution in [0.5, 0.6) is 0 Å². The number of carboxylic acid groups (broad SMARTS) is 1. The summed E-state index contributed by atoms with van der Waals surface area (Å²) in [6.45, 7) is 3.93. The summed E-state index contributed by atoms with van der Waals surface area (Å²) in [6.07, 6.45) is 8.64. The van der Waals surface area contributed by atoms with Crippen LogP contribution in [0.1, 0.15) is 58.3 Å². The molecule has 0 rings (SSSR count). The second kappa shape index (κ2) is 22.6. The van der Waals surface area contributed by atoms with E-state index in [2.05, 4.69) is 6.92 Å². The van der Waals surface area contributed by atoms with Crippen LogP contribution < -0.4 is 0 Å². The zero-order valence-corrected chi connectivity index (χ0v) is 14.0. The zero-order valence-electron chi connectivity index (χ0n) is 14.0. The number of ether oxygens (including phenoxy) is 2. The molecule has 0 radical (unpaired) electrons. The van der Waals surface area contributed by atoms with E-state index in [1.807, 2.05) is 0 Å². The molecule has 0 aromatic carbocycles. The first-order chi connectivity index (χ1) is 10.7. The Hall–Kier alpha value is -0.690. The highest BCUT2D eigenvalue weighted by atomic mass is 16.5.